The van der Waals surface area contributed by atoms with E-state index >= 15 is 0 Å². The molecular formula is C13H9F3N4O. The van der Waals surface area contributed by atoms with Crippen LogP contribution < -0.4 is 0 Å². The van der Waals surface area contributed by atoms with Gasteiger partial charge in [0.1, 0.15) is 12.1 Å². The van der Waals surface area contributed by atoms with E-state index < -0.39 is 11.9 Å². The lowest BCUT2D eigenvalue weighted by molar-refractivity contribution is -0.140. The molecule has 0 bridgehead atoms. The minimum absolute atomic E-state index is 0.201. The summed E-state index contributed by atoms with van der Waals surface area (Å²) in [6, 6.07) is 3.32. The van der Waals surface area contributed by atoms with E-state index in [0.29, 0.717) is 16.8 Å². The summed E-state index contributed by atoms with van der Waals surface area (Å²) in [7, 11) is 1.51. The van der Waals surface area contributed by atoms with E-state index in [1.807, 2.05) is 0 Å². The van der Waals surface area contributed by atoms with Crippen LogP contribution in [0.15, 0.2) is 41.5 Å². The number of imidazole rings is 1. The van der Waals surface area contributed by atoms with Gasteiger partial charge in [0.05, 0.1) is 17.5 Å². The van der Waals surface area contributed by atoms with Crippen molar-refractivity contribution in [3.63, 3.8) is 0 Å². The first kappa shape index (κ1) is 13.3. The molecule has 0 atom stereocenters. The van der Waals surface area contributed by atoms with Gasteiger partial charge in [-0.1, -0.05) is 5.16 Å². The molecule has 0 radical (unpaired) electrons. The van der Waals surface area contributed by atoms with Crippen molar-refractivity contribution in [3.8, 4) is 22.6 Å². The second kappa shape index (κ2) is 4.72. The molecule has 0 aliphatic heterocycles. The number of aryl methyl sites for hydroxylation is 1. The molecule has 0 amide bonds. The Morgan fingerprint density at radius 1 is 1.14 bits per heavy atom. The van der Waals surface area contributed by atoms with E-state index in [0.717, 1.165) is 6.20 Å². The third-order valence-corrected chi connectivity index (χ3v) is 2.92. The second-order valence-electron chi connectivity index (χ2n) is 4.40. The quantitative estimate of drug-likeness (QED) is 0.728. The van der Waals surface area contributed by atoms with Crippen LogP contribution in [0.5, 0.6) is 0 Å². The smallest absolute Gasteiger partial charge is 0.364 e. The molecule has 3 heterocycles. The van der Waals surface area contributed by atoms with Crippen LogP contribution in [-0.4, -0.2) is 19.7 Å². The third kappa shape index (κ3) is 2.51. The predicted octanol–water partition coefficient (Wildman–Crippen LogP) is 3.16. The highest BCUT2D eigenvalue weighted by molar-refractivity contribution is 5.62. The Kier molecular flexibility index (Phi) is 3.00. The van der Waals surface area contributed by atoms with Gasteiger partial charge in [0, 0.05) is 25.0 Å². The molecule has 8 heteroatoms. The maximum atomic E-state index is 12.6. The Balaban J connectivity index is 1.96. The number of alkyl halides is 3. The van der Waals surface area contributed by atoms with Gasteiger partial charge in [-0.25, -0.2) is 4.98 Å². The molecule has 0 spiro atoms. The van der Waals surface area contributed by atoms with Gasteiger partial charge >= 0.3 is 6.18 Å². The summed E-state index contributed by atoms with van der Waals surface area (Å²) in [5.41, 5.74) is 0.874. The Labute approximate surface area is 117 Å². The van der Waals surface area contributed by atoms with E-state index in [4.69, 9.17) is 4.52 Å². The lowest BCUT2D eigenvalue weighted by Crippen LogP contribution is -2.04. The molecule has 0 saturated heterocycles. The lowest BCUT2D eigenvalue weighted by atomic mass is 10.2. The molecule has 108 valence electrons. The van der Waals surface area contributed by atoms with Gasteiger partial charge in [-0.05, 0) is 12.1 Å². The van der Waals surface area contributed by atoms with Crippen LogP contribution in [0.4, 0.5) is 13.2 Å². The maximum absolute atomic E-state index is 12.6. The molecule has 0 saturated carbocycles. The molecule has 0 unspecified atom stereocenters. The maximum Gasteiger partial charge on any atom is 0.434 e. The molecule has 0 fully saturated rings. The zero-order valence-electron chi connectivity index (χ0n) is 10.8. The summed E-state index contributed by atoms with van der Waals surface area (Å²) < 4.78 is 43.9. The molecule has 21 heavy (non-hydrogen) atoms. The van der Waals surface area contributed by atoms with Crippen molar-refractivity contribution in [2.24, 2.45) is 7.05 Å². The van der Waals surface area contributed by atoms with Crippen LogP contribution in [0.1, 0.15) is 5.69 Å². The van der Waals surface area contributed by atoms with Crippen LogP contribution in [0, 0.1) is 0 Å². The highest BCUT2D eigenvalue weighted by Gasteiger charge is 2.34. The fourth-order valence-corrected chi connectivity index (χ4v) is 1.90. The topological polar surface area (TPSA) is 56.7 Å². The highest BCUT2D eigenvalue weighted by atomic mass is 19.4. The van der Waals surface area contributed by atoms with Crippen molar-refractivity contribution >= 4 is 0 Å². The summed E-state index contributed by atoms with van der Waals surface area (Å²) >= 11 is 0. The molecule has 0 N–H and O–H groups in total. The molecule has 3 rings (SSSR count). The van der Waals surface area contributed by atoms with Crippen molar-refractivity contribution in [3.05, 3.63) is 42.7 Å². The second-order valence-corrected chi connectivity index (χ2v) is 4.40. The number of hydrogen-bond acceptors (Lipinski definition) is 4. The fraction of sp³-hybridized carbons (Fsp3) is 0.154. The minimum atomic E-state index is -4.47. The molecule has 0 aromatic carbocycles. The van der Waals surface area contributed by atoms with E-state index in [1.165, 1.54) is 30.3 Å². The van der Waals surface area contributed by atoms with Crippen LogP contribution in [0.2, 0.25) is 0 Å². The van der Waals surface area contributed by atoms with Crippen molar-refractivity contribution in [1.29, 1.82) is 0 Å². The minimum Gasteiger partial charge on any atom is -0.364 e. The van der Waals surface area contributed by atoms with Crippen molar-refractivity contribution < 1.29 is 17.7 Å². The first-order valence-corrected chi connectivity index (χ1v) is 5.92. The summed E-state index contributed by atoms with van der Waals surface area (Å²) in [5, 5.41) is 3.57. The molecular weight excluding hydrogens is 285 g/mol. The standard InChI is InChI=1S/C13H9F3N4O/c1-20-6-11(13(14,15)16)19-12(20)8-2-3-10(17-4-8)9-5-18-21-7-9/h2-7H,1H3. The van der Waals surface area contributed by atoms with Gasteiger partial charge in [-0.2, -0.15) is 13.2 Å². The Morgan fingerprint density at radius 3 is 2.48 bits per heavy atom. The monoisotopic (exact) mass is 294 g/mol. The van der Waals surface area contributed by atoms with Gasteiger partial charge in [0.15, 0.2) is 5.69 Å². The van der Waals surface area contributed by atoms with Crippen LogP contribution >= 0.6 is 0 Å². The Morgan fingerprint density at radius 2 is 1.95 bits per heavy atom. The number of aromatic nitrogens is 4. The highest BCUT2D eigenvalue weighted by Crippen LogP contribution is 2.30. The lowest BCUT2D eigenvalue weighted by Gasteiger charge is -2.02. The number of halogens is 3. The SMILES string of the molecule is Cn1cc(C(F)(F)F)nc1-c1ccc(-c2cnoc2)nc1. The number of rotatable bonds is 2. The fourth-order valence-electron chi connectivity index (χ4n) is 1.90. The summed E-state index contributed by atoms with van der Waals surface area (Å²) in [4.78, 5) is 7.79. The van der Waals surface area contributed by atoms with Gasteiger partial charge in [-0.15, -0.1) is 0 Å². The zero-order chi connectivity index (χ0) is 15.0. The average molecular weight is 294 g/mol. The molecule has 3 aromatic heterocycles. The Hall–Kier alpha value is -2.64. The first-order valence-electron chi connectivity index (χ1n) is 5.92. The van der Waals surface area contributed by atoms with E-state index in [1.54, 1.807) is 12.1 Å². The summed E-state index contributed by atoms with van der Waals surface area (Å²) in [5.74, 6) is 0.201. The van der Waals surface area contributed by atoms with E-state index in [9.17, 15) is 13.2 Å². The number of hydrogen-bond donors (Lipinski definition) is 0. The normalized spacial score (nSPS) is 11.8. The Bertz CT molecular complexity index is 745. The summed E-state index contributed by atoms with van der Waals surface area (Å²) in [6.45, 7) is 0. The van der Waals surface area contributed by atoms with Gasteiger partial charge in [-0.3, -0.25) is 4.98 Å². The van der Waals surface area contributed by atoms with Crippen LogP contribution in [0.25, 0.3) is 22.6 Å². The van der Waals surface area contributed by atoms with E-state index in [2.05, 4.69) is 15.1 Å². The van der Waals surface area contributed by atoms with Gasteiger partial charge in [0.25, 0.3) is 0 Å². The first-order chi connectivity index (χ1) is 9.95. The molecule has 0 aliphatic carbocycles. The summed E-state index contributed by atoms with van der Waals surface area (Å²) in [6.07, 6.45) is 0.884. The van der Waals surface area contributed by atoms with E-state index in [-0.39, 0.29) is 5.82 Å². The predicted molar refractivity (Wildman–Crippen MR) is 66.9 cm³/mol. The molecule has 5 nitrogen and oxygen atoms in total. The zero-order valence-corrected chi connectivity index (χ0v) is 10.8. The van der Waals surface area contributed by atoms with Crippen LogP contribution in [0.3, 0.4) is 0 Å². The van der Waals surface area contributed by atoms with Crippen molar-refractivity contribution in [2.45, 2.75) is 6.18 Å². The van der Waals surface area contributed by atoms with Gasteiger partial charge < -0.3 is 9.09 Å². The largest absolute Gasteiger partial charge is 0.434 e. The average Bonchev–Trinajstić information content (AvgIpc) is 3.07. The molecule has 3 aromatic rings. The molecule has 0 aliphatic rings. The van der Waals surface area contributed by atoms with Crippen molar-refractivity contribution in [1.82, 2.24) is 19.7 Å². The van der Waals surface area contributed by atoms with Crippen molar-refractivity contribution in [2.75, 3.05) is 0 Å². The number of pyridine rings is 1. The van der Waals surface area contributed by atoms with Gasteiger partial charge in [0.2, 0.25) is 0 Å². The number of nitrogens with zero attached hydrogens (tertiary/aromatic N) is 4. The third-order valence-electron chi connectivity index (χ3n) is 2.92. The van der Waals surface area contributed by atoms with Crippen LogP contribution in [-0.2, 0) is 13.2 Å².